The summed E-state index contributed by atoms with van der Waals surface area (Å²) in [5.74, 6) is 0. The van der Waals surface area contributed by atoms with Crippen molar-refractivity contribution in [3.05, 3.63) is 69.2 Å². The van der Waals surface area contributed by atoms with Crippen molar-refractivity contribution in [2.75, 3.05) is 26.2 Å². The minimum Gasteiger partial charge on any atom is -0.329 e. The Hall–Kier alpha value is -2.00. The van der Waals surface area contributed by atoms with Crippen molar-refractivity contribution >= 4 is 27.3 Å². The second-order valence-electron chi connectivity index (χ2n) is 6.17. The third-order valence-corrected chi connectivity index (χ3v) is 6.67. The van der Waals surface area contributed by atoms with Gasteiger partial charge in [-0.1, -0.05) is 23.7 Å². The average Bonchev–Trinajstić information content (AvgIpc) is 2.63. The zero-order chi connectivity index (χ0) is 18.7. The number of nitrogens with one attached hydrogen (secondary N) is 1. The molecule has 0 amide bonds. The molecular weight excluding hydrogens is 378 g/mol. The second-order valence-corrected chi connectivity index (χ2v) is 8.54. The van der Waals surface area contributed by atoms with E-state index in [0.29, 0.717) is 43.3 Å². The highest BCUT2D eigenvalue weighted by Crippen LogP contribution is 2.19. The van der Waals surface area contributed by atoms with Gasteiger partial charge in [0, 0.05) is 11.1 Å². The number of rotatable bonds is 5. The molecule has 138 valence electrons. The first-order chi connectivity index (χ1) is 12.4. The first-order valence-electron chi connectivity index (χ1n) is 8.19. The maximum absolute atomic E-state index is 12.7. The fourth-order valence-electron chi connectivity index (χ4n) is 3.08. The summed E-state index contributed by atoms with van der Waals surface area (Å²) in [5.41, 5.74) is 0.776. The van der Waals surface area contributed by atoms with E-state index in [-0.39, 0.29) is 15.5 Å². The van der Waals surface area contributed by atoms with Crippen LogP contribution in [0.15, 0.2) is 53.4 Å². The van der Waals surface area contributed by atoms with Crippen molar-refractivity contribution in [2.24, 2.45) is 0 Å². The Kier molecular flexibility index (Phi) is 5.57. The van der Waals surface area contributed by atoms with Crippen LogP contribution in [-0.4, -0.2) is 43.8 Å². The summed E-state index contributed by atoms with van der Waals surface area (Å²) in [6.07, 6.45) is 0. The third-order valence-electron chi connectivity index (χ3n) is 4.51. The molecular formula is C17H19ClN3O4S+. The highest BCUT2D eigenvalue weighted by atomic mass is 35.5. The number of quaternary nitrogens is 1. The lowest BCUT2D eigenvalue weighted by Crippen LogP contribution is -3.13. The first kappa shape index (κ1) is 18.8. The highest BCUT2D eigenvalue weighted by Gasteiger charge is 2.31. The molecule has 0 aliphatic carbocycles. The van der Waals surface area contributed by atoms with Gasteiger partial charge in [-0.15, -0.1) is 0 Å². The van der Waals surface area contributed by atoms with E-state index in [2.05, 4.69) is 0 Å². The highest BCUT2D eigenvalue weighted by molar-refractivity contribution is 7.89. The molecule has 0 radical (unpaired) electrons. The van der Waals surface area contributed by atoms with Gasteiger partial charge in [-0.25, -0.2) is 8.42 Å². The summed E-state index contributed by atoms with van der Waals surface area (Å²) in [7, 11) is -3.54. The molecule has 0 unspecified atom stereocenters. The van der Waals surface area contributed by atoms with Crippen molar-refractivity contribution in [1.29, 1.82) is 0 Å². The number of nitro benzene ring substituents is 1. The summed E-state index contributed by atoms with van der Waals surface area (Å²) in [5, 5.41) is 11.6. The first-order valence-corrected chi connectivity index (χ1v) is 10.0. The number of benzene rings is 2. The molecule has 0 atom stereocenters. The number of piperazine rings is 1. The fraction of sp³-hybridized carbons (Fsp3) is 0.294. The van der Waals surface area contributed by atoms with Gasteiger partial charge in [0.25, 0.3) is 5.69 Å². The van der Waals surface area contributed by atoms with Crippen LogP contribution in [0.1, 0.15) is 5.56 Å². The number of halogens is 1. The molecule has 2 aromatic carbocycles. The van der Waals surface area contributed by atoms with Gasteiger partial charge in [0.1, 0.15) is 6.54 Å². The monoisotopic (exact) mass is 396 g/mol. The van der Waals surface area contributed by atoms with E-state index in [9.17, 15) is 18.5 Å². The Bertz CT molecular complexity index is 894. The number of hydrogen-bond acceptors (Lipinski definition) is 4. The van der Waals surface area contributed by atoms with Crippen LogP contribution in [0.2, 0.25) is 5.02 Å². The number of nitrogens with zero attached hydrogens (tertiary/aromatic N) is 2. The molecule has 7 nitrogen and oxygen atoms in total. The molecule has 0 aromatic heterocycles. The van der Waals surface area contributed by atoms with Gasteiger partial charge in [0.05, 0.1) is 41.6 Å². The van der Waals surface area contributed by atoms with Gasteiger partial charge in [-0.3, -0.25) is 10.1 Å². The third kappa shape index (κ3) is 4.04. The maximum Gasteiger partial charge on any atom is 0.278 e. The number of nitro groups is 1. The molecule has 0 saturated carbocycles. The molecule has 1 heterocycles. The lowest BCUT2D eigenvalue weighted by Gasteiger charge is -2.31. The van der Waals surface area contributed by atoms with Gasteiger partial charge in [0.15, 0.2) is 0 Å². The van der Waals surface area contributed by atoms with Crippen molar-refractivity contribution in [3.63, 3.8) is 0 Å². The summed E-state index contributed by atoms with van der Waals surface area (Å²) in [6.45, 7) is 2.45. The van der Waals surface area contributed by atoms with Crippen LogP contribution < -0.4 is 4.90 Å². The second kappa shape index (κ2) is 7.71. The van der Waals surface area contributed by atoms with Crippen LogP contribution in [-0.2, 0) is 16.6 Å². The summed E-state index contributed by atoms with van der Waals surface area (Å²) in [4.78, 5) is 12.1. The largest absolute Gasteiger partial charge is 0.329 e. The molecule has 2 aromatic rings. The molecule has 0 bridgehead atoms. The zero-order valence-electron chi connectivity index (χ0n) is 14.0. The predicted molar refractivity (Wildman–Crippen MR) is 97.7 cm³/mol. The van der Waals surface area contributed by atoms with Gasteiger partial charge in [-0.05, 0) is 30.3 Å². The molecule has 9 heteroatoms. The van der Waals surface area contributed by atoms with E-state index in [0.717, 1.165) is 4.90 Å². The minimum absolute atomic E-state index is 0.108. The fourth-order valence-corrected chi connectivity index (χ4v) is 4.65. The van der Waals surface area contributed by atoms with Crippen LogP contribution >= 0.6 is 11.6 Å². The lowest BCUT2D eigenvalue weighted by molar-refractivity contribution is -0.917. The molecule has 1 fully saturated rings. The molecule has 0 spiro atoms. The van der Waals surface area contributed by atoms with Crippen LogP contribution in [0.5, 0.6) is 0 Å². The predicted octanol–water partition coefficient (Wildman–Crippen LogP) is 1.34. The average molecular weight is 397 g/mol. The Morgan fingerprint density at radius 1 is 1.08 bits per heavy atom. The van der Waals surface area contributed by atoms with E-state index in [1.165, 1.54) is 22.5 Å². The van der Waals surface area contributed by atoms with Gasteiger partial charge in [-0.2, -0.15) is 4.31 Å². The quantitative estimate of drug-likeness (QED) is 0.610. The van der Waals surface area contributed by atoms with Crippen LogP contribution in [0.4, 0.5) is 5.69 Å². The maximum atomic E-state index is 12.7. The van der Waals surface area contributed by atoms with Crippen molar-refractivity contribution in [3.8, 4) is 0 Å². The molecule has 1 aliphatic rings. The Labute approximate surface area is 157 Å². The number of para-hydroxylation sites is 1. The molecule has 1 saturated heterocycles. The molecule has 1 N–H and O–H groups in total. The van der Waals surface area contributed by atoms with Crippen LogP contribution in [0.3, 0.4) is 0 Å². The van der Waals surface area contributed by atoms with Gasteiger partial charge in [0.2, 0.25) is 10.0 Å². The zero-order valence-corrected chi connectivity index (χ0v) is 15.5. The lowest BCUT2D eigenvalue weighted by atomic mass is 10.1. The van der Waals surface area contributed by atoms with E-state index < -0.39 is 10.0 Å². The van der Waals surface area contributed by atoms with E-state index in [4.69, 9.17) is 11.6 Å². The van der Waals surface area contributed by atoms with E-state index in [1.807, 2.05) is 0 Å². The Morgan fingerprint density at radius 3 is 2.31 bits per heavy atom. The number of hydrogen-bond donors (Lipinski definition) is 1. The van der Waals surface area contributed by atoms with Crippen molar-refractivity contribution < 1.29 is 18.2 Å². The number of sulfonamides is 1. The minimum atomic E-state index is -3.54. The summed E-state index contributed by atoms with van der Waals surface area (Å²) >= 11 is 5.82. The van der Waals surface area contributed by atoms with Crippen LogP contribution in [0.25, 0.3) is 0 Å². The molecule has 3 rings (SSSR count). The Balaban J connectivity index is 1.66. The topological polar surface area (TPSA) is 85.0 Å². The summed E-state index contributed by atoms with van der Waals surface area (Å²) < 4.78 is 26.8. The van der Waals surface area contributed by atoms with Gasteiger partial charge >= 0.3 is 0 Å². The Morgan fingerprint density at radius 2 is 1.69 bits per heavy atom. The standard InChI is InChI=1S/C17H18ClN3O4S/c18-15-5-7-16(8-6-15)26(24,25)20-11-9-19(10-12-20)13-14-3-1-2-4-17(14)21(22)23/h1-8H,9-13H2/p+1. The smallest absolute Gasteiger partial charge is 0.278 e. The van der Waals surface area contributed by atoms with E-state index in [1.54, 1.807) is 30.3 Å². The van der Waals surface area contributed by atoms with Crippen molar-refractivity contribution in [2.45, 2.75) is 11.4 Å². The molecule has 1 aliphatic heterocycles. The molecule has 26 heavy (non-hydrogen) atoms. The SMILES string of the molecule is O=[N+]([O-])c1ccccc1C[NH+]1CCN(S(=O)(=O)c2ccc(Cl)cc2)CC1. The van der Waals surface area contributed by atoms with E-state index >= 15 is 0 Å². The van der Waals surface area contributed by atoms with Gasteiger partial charge < -0.3 is 4.90 Å². The van der Waals surface area contributed by atoms with Crippen LogP contribution in [0, 0.1) is 10.1 Å². The normalized spacial score (nSPS) is 16.5. The summed E-state index contributed by atoms with van der Waals surface area (Å²) in [6, 6.07) is 12.8. The van der Waals surface area contributed by atoms with Crippen molar-refractivity contribution in [1.82, 2.24) is 4.31 Å².